The first-order chi connectivity index (χ1) is 11.3. The summed E-state index contributed by atoms with van der Waals surface area (Å²) >= 11 is 0. The molecule has 0 saturated carbocycles. The second kappa shape index (κ2) is 5.70. The standard InChI is InChI=1S/C19H19NO3/c1-22-15-9-7-13(8-10-15)12-20-18(14-5-3-2-4-6-14)16-11-17(23-16)19(20)21/h2-10,16-18H,11-12H2,1H3. The average molecular weight is 309 g/mol. The average Bonchev–Trinajstić information content (AvgIpc) is 2.56. The Morgan fingerprint density at radius 1 is 1.13 bits per heavy atom. The highest BCUT2D eigenvalue weighted by atomic mass is 16.5. The maximum atomic E-state index is 12.7. The van der Waals surface area contributed by atoms with Gasteiger partial charge in [0.2, 0.25) is 0 Å². The lowest BCUT2D eigenvalue weighted by atomic mass is 9.85. The van der Waals surface area contributed by atoms with Crippen molar-refractivity contribution in [2.75, 3.05) is 7.11 Å². The van der Waals surface area contributed by atoms with Crippen molar-refractivity contribution >= 4 is 5.91 Å². The fraction of sp³-hybridized carbons (Fsp3) is 0.316. The summed E-state index contributed by atoms with van der Waals surface area (Å²) in [6.07, 6.45) is 0.689. The molecule has 118 valence electrons. The largest absolute Gasteiger partial charge is 0.497 e. The van der Waals surface area contributed by atoms with Gasteiger partial charge in [0.1, 0.15) is 11.9 Å². The second-order valence-electron chi connectivity index (χ2n) is 6.07. The molecule has 0 aliphatic carbocycles. The second-order valence-corrected chi connectivity index (χ2v) is 6.07. The molecule has 4 nitrogen and oxygen atoms in total. The Morgan fingerprint density at radius 3 is 2.48 bits per heavy atom. The van der Waals surface area contributed by atoms with E-state index in [-0.39, 0.29) is 24.2 Å². The molecular formula is C19H19NO3. The molecule has 5 rings (SSSR count). The lowest BCUT2D eigenvalue weighted by molar-refractivity contribution is -0.217. The normalized spacial score (nSPS) is 25.9. The van der Waals surface area contributed by atoms with E-state index >= 15 is 0 Å². The first-order valence-corrected chi connectivity index (χ1v) is 7.90. The van der Waals surface area contributed by atoms with Crippen molar-refractivity contribution in [3.63, 3.8) is 0 Å². The van der Waals surface area contributed by atoms with Crippen molar-refractivity contribution in [3.8, 4) is 5.75 Å². The van der Waals surface area contributed by atoms with Crippen LogP contribution in [0.2, 0.25) is 0 Å². The van der Waals surface area contributed by atoms with Gasteiger partial charge in [-0.05, 0) is 23.3 Å². The third-order valence-corrected chi connectivity index (χ3v) is 4.68. The van der Waals surface area contributed by atoms with E-state index in [1.54, 1.807) is 7.11 Å². The van der Waals surface area contributed by atoms with Gasteiger partial charge in [0.05, 0.1) is 19.3 Å². The molecule has 3 aliphatic heterocycles. The number of benzene rings is 2. The van der Waals surface area contributed by atoms with Gasteiger partial charge in [-0.3, -0.25) is 4.79 Å². The molecule has 3 atom stereocenters. The monoisotopic (exact) mass is 309 g/mol. The SMILES string of the molecule is COc1ccc(CN2C(=O)C3CC(O3)C2c2ccccc2)cc1. The van der Waals surface area contributed by atoms with Crippen LogP contribution in [0.5, 0.6) is 5.75 Å². The third-order valence-electron chi connectivity index (χ3n) is 4.68. The summed E-state index contributed by atoms with van der Waals surface area (Å²) < 4.78 is 10.9. The molecule has 2 bridgehead atoms. The van der Waals surface area contributed by atoms with Crippen molar-refractivity contribution in [1.29, 1.82) is 0 Å². The highest BCUT2D eigenvalue weighted by Crippen LogP contribution is 2.43. The summed E-state index contributed by atoms with van der Waals surface area (Å²) in [7, 11) is 1.65. The number of amides is 1. The summed E-state index contributed by atoms with van der Waals surface area (Å²) in [5.74, 6) is 0.918. The number of hydrogen-bond donors (Lipinski definition) is 0. The smallest absolute Gasteiger partial charge is 0.252 e. The van der Waals surface area contributed by atoms with Crippen LogP contribution in [0.25, 0.3) is 0 Å². The van der Waals surface area contributed by atoms with Gasteiger partial charge in [0, 0.05) is 13.0 Å². The van der Waals surface area contributed by atoms with E-state index in [2.05, 4.69) is 12.1 Å². The van der Waals surface area contributed by atoms with Gasteiger partial charge >= 0.3 is 0 Å². The summed E-state index contributed by atoms with van der Waals surface area (Å²) in [5, 5.41) is 0. The van der Waals surface area contributed by atoms with E-state index in [9.17, 15) is 4.79 Å². The van der Waals surface area contributed by atoms with Crippen molar-refractivity contribution in [2.24, 2.45) is 0 Å². The molecule has 3 unspecified atom stereocenters. The Hall–Kier alpha value is -2.33. The predicted molar refractivity (Wildman–Crippen MR) is 86.0 cm³/mol. The predicted octanol–water partition coefficient (Wildman–Crippen LogP) is 2.94. The fourth-order valence-electron chi connectivity index (χ4n) is 3.44. The van der Waals surface area contributed by atoms with Crippen LogP contribution in [0.1, 0.15) is 23.6 Å². The molecule has 0 N–H and O–H groups in total. The maximum Gasteiger partial charge on any atom is 0.252 e. The molecule has 0 aromatic heterocycles. The lowest BCUT2D eigenvalue weighted by Crippen LogP contribution is -2.61. The molecule has 23 heavy (non-hydrogen) atoms. The van der Waals surface area contributed by atoms with E-state index in [0.717, 1.165) is 23.3 Å². The molecule has 3 saturated heterocycles. The van der Waals surface area contributed by atoms with Crippen LogP contribution in [0.4, 0.5) is 0 Å². The number of nitrogens with zero attached hydrogens (tertiary/aromatic N) is 1. The number of fused-ring (bicyclic) bond motifs is 2. The van der Waals surface area contributed by atoms with Gasteiger partial charge in [-0.25, -0.2) is 0 Å². The van der Waals surface area contributed by atoms with Crippen LogP contribution < -0.4 is 4.74 Å². The number of piperidine rings is 1. The Morgan fingerprint density at radius 2 is 1.83 bits per heavy atom. The van der Waals surface area contributed by atoms with Gasteiger partial charge < -0.3 is 14.4 Å². The number of hydrogen-bond acceptors (Lipinski definition) is 3. The Labute approximate surface area is 135 Å². The van der Waals surface area contributed by atoms with Crippen LogP contribution >= 0.6 is 0 Å². The van der Waals surface area contributed by atoms with E-state index in [0.29, 0.717) is 6.54 Å². The minimum Gasteiger partial charge on any atom is -0.497 e. The zero-order valence-electron chi connectivity index (χ0n) is 13.0. The van der Waals surface area contributed by atoms with Gasteiger partial charge in [-0.1, -0.05) is 42.5 Å². The van der Waals surface area contributed by atoms with Crippen LogP contribution in [0.15, 0.2) is 54.6 Å². The molecular weight excluding hydrogens is 290 g/mol. The highest BCUT2D eigenvalue weighted by molar-refractivity contribution is 5.84. The molecule has 3 aliphatic rings. The molecule has 2 aromatic rings. The molecule has 0 radical (unpaired) electrons. The molecule has 4 heteroatoms. The summed E-state index contributed by atoms with van der Waals surface area (Å²) in [6.45, 7) is 0.596. The van der Waals surface area contributed by atoms with Crippen molar-refractivity contribution in [3.05, 3.63) is 65.7 Å². The van der Waals surface area contributed by atoms with E-state index < -0.39 is 0 Å². The van der Waals surface area contributed by atoms with Crippen LogP contribution in [0.3, 0.4) is 0 Å². The number of carbonyl (C=O) groups excluding carboxylic acids is 1. The van der Waals surface area contributed by atoms with Crippen molar-refractivity contribution in [2.45, 2.75) is 31.2 Å². The maximum absolute atomic E-state index is 12.7. The Kier molecular flexibility index (Phi) is 3.54. The van der Waals surface area contributed by atoms with Gasteiger partial charge in [-0.15, -0.1) is 0 Å². The van der Waals surface area contributed by atoms with E-state index in [1.165, 1.54) is 0 Å². The van der Waals surface area contributed by atoms with Gasteiger partial charge in [0.15, 0.2) is 0 Å². The van der Waals surface area contributed by atoms with Crippen LogP contribution in [-0.2, 0) is 16.1 Å². The zero-order chi connectivity index (χ0) is 15.8. The van der Waals surface area contributed by atoms with E-state index in [1.807, 2.05) is 47.4 Å². The van der Waals surface area contributed by atoms with Gasteiger partial charge in [-0.2, -0.15) is 0 Å². The number of rotatable bonds is 4. The fourth-order valence-corrected chi connectivity index (χ4v) is 3.44. The lowest BCUT2D eigenvalue weighted by Gasteiger charge is -2.52. The topological polar surface area (TPSA) is 38.8 Å². The minimum absolute atomic E-state index is 0.00389. The number of carbonyl (C=O) groups is 1. The highest BCUT2D eigenvalue weighted by Gasteiger charge is 2.51. The molecule has 2 aromatic carbocycles. The molecule has 3 fully saturated rings. The Balaban J connectivity index is 1.62. The minimum atomic E-state index is -0.252. The summed E-state index contributed by atoms with van der Waals surface area (Å²) in [4.78, 5) is 14.6. The van der Waals surface area contributed by atoms with Crippen molar-refractivity contribution in [1.82, 2.24) is 4.90 Å². The quantitative estimate of drug-likeness (QED) is 0.871. The van der Waals surface area contributed by atoms with Crippen molar-refractivity contribution < 1.29 is 14.3 Å². The van der Waals surface area contributed by atoms with E-state index in [4.69, 9.17) is 9.47 Å². The molecule has 0 spiro atoms. The summed E-state index contributed by atoms with van der Waals surface area (Å²) in [5.41, 5.74) is 2.24. The van der Waals surface area contributed by atoms with Crippen LogP contribution in [-0.4, -0.2) is 30.1 Å². The molecule has 1 amide bonds. The number of methoxy groups -OCH3 is 1. The third kappa shape index (κ3) is 2.49. The van der Waals surface area contributed by atoms with Gasteiger partial charge in [0.25, 0.3) is 5.91 Å². The number of morpholine rings is 1. The van der Waals surface area contributed by atoms with Crippen LogP contribution in [0, 0.1) is 0 Å². The number of ether oxygens (including phenoxy) is 2. The molecule has 3 heterocycles. The first-order valence-electron chi connectivity index (χ1n) is 7.90. The first kappa shape index (κ1) is 14.3. The zero-order valence-corrected chi connectivity index (χ0v) is 13.0. The Bertz CT molecular complexity index is 692. The summed E-state index contributed by atoms with van der Waals surface area (Å²) in [6, 6.07) is 18.0.